The van der Waals surface area contributed by atoms with Crippen LogP contribution in [0.3, 0.4) is 0 Å². The molecule has 3 heterocycles. The van der Waals surface area contributed by atoms with E-state index in [4.69, 9.17) is 11.6 Å². The van der Waals surface area contributed by atoms with Crippen LogP contribution in [-0.2, 0) is 13.6 Å². The van der Waals surface area contributed by atoms with E-state index in [-0.39, 0.29) is 0 Å². The summed E-state index contributed by atoms with van der Waals surface area (Å²) in [5, 5.41) is 8.93. The number of hydrogen-bond donors (Lipinski definition) is 1. The standard InChI is InChI=1S/C15H25ClN4/c1-11-15(16)14(19(2)18-11)10-20-8-4-5-12(9-20)13-6-3-7-17-13/h12-13,17H,3-10H2,1-2H3. The molecule has 0 amide bonds. The number of rotatable bonds is 3. The first kappa shape index (κ1) is 14.4. The number of likely N-dealkylation sites (tertiary alicyclic amines) is 1. The molecule has 0 saturated carbocycles. The number of aromatic nitrogens is 2. The van der Waals surface area contributed by atoms with Crippen LogP contribution in [0.4, 0.5) is 0 Å². The molecule has 5 heteroatoms. The third kappa shape index (κ3) is 2.87. The second-order valence-corrected chi connectivity index (χ2v) is 6.69. The Labute approximate surface area is 126 Å². The van der Waals surface area contributed by atoms with Gasteiger partial charge in [-0.15, -0.1) is 0 Å². The molecule has 2 aliphatic heterocycles. The molecule has 2 saturated heterocycles. The highest BCUT2D eigenvalue weighted by Gasteiger charge is 2.29. The molecule has 0 aromatic carbocycles. The molecule has 0 aliphatic carbocycles. The van der Waals surface area contributed by atoms with Gasteiger partial charge in [-0.05, 0) is 51.6 Å². The molecule has 2 atom stereocenters. The summed E-state index contributed by atoms with van der Waals surface area (Å²) in [5.74, 6) is 0.805. The Hall–Kier alpha value is -0.580. The molecule has 0 spiro atoms. The summed E-state index contributed by atoms with van der Waals surface area (Å²) in [7, 11) is 1.99. The Balaban J connectivity index is 1.65. The summed E-state index contributed by atoms with van der Waals surface area (Å²) in [5.41, 5.74) is 2.10. The van der Waals surface area contributed by atoms with Crippen molar-refractivity contribution in [2.24, 2.45) is 13.0 Å². The largest absolute Gasteiger partial charge is 0.314 e. The van der Waals surface area contributed by atoms with Crippen molar-refractivity contribution in [2.75, 3.05) is 19.6 Å². The van der Waals surface area contributed by atoms with E-state index in [1.54, 1.807) is 0 Å². The average Bonchev–Trinajstić information content (AvgIpc) is 3.05. The van der Waals surface area contributed by atoms with Crippen LogP contribution >= 0.6 is 11.6 Å². The fraction of sp³-hybridized carbons (Fsp3) is 0.800. The smallest absolute Gasteiger partial charge is 0.0860 e. The predicted octanol–water partition coefficient (Wildman–Crippen LogP) is 2.35. The van der Waals surface area contributed by atoms with Gasteiger partial charge in [-0.2, -0.15) is 5.10 Å². The molecular weight excluding hydrogens is 272 g/mol. The van der Waals surface area contributed by atoms with Crippen LogP contribution in [0.5, 0.6) is 0 Å². The van der Waals surface area contributed by atoms with Gasteiger partial charge in [0.1, 0.15) is 0 Å². The molecule has 1 aromatic rings. The van der Waals surface area contributed by atoms with Gasteiger partial charge in [0, 0.05) is 26.2 Å². The van der Waals surface area contributed by atoms with E-state index in [1.165, 1.54) is 45.3 Å². The number of aryl methyl sites for hydroxylation is 2. The number of hydrogen-bond acceptors (Lipinski definition) is 3. The maximum Gasteiger partial charge on any atom is 0.0860 e. The highest BCUT2D eigenvalue weighted by molar-refractivity contribution is 6.31. The summed E-state index contributed by atoms with van der Waals surface area (Å²) < 4.78 is 1.94. The lowest BCUT2D eigenvalue weighted by Gasteiger charge is -2.35. The number of nitrogens with zero attached hydrogens (tertiary/aromatic N) is 3. The van der Waals surface area contributed by atoms with Gasteiger partial charge < -0.3 is 5.32 Å². The maximum absolute atomic E-state index is 6.37. The fourth-order valence-electron chi connectivity index (χ4n) is 3.74. The zero-order valence-electron chi connectivity index (χ0n) is 12.5. The third-order valence-corrected chi connectivity index (χ3v) is 5.34. The monoisotopic (exact) mass is 296 g/mol. The Kier molecular flexibility index (Phi) is 4.34. The summed E-state index contributed by atoms with van der Waals surface area (Å²) in [6, 6.07) is 0.738. The SMILES string of the molecule is Cc1nn(C)c(CN2CCCC(C3CCCN3)C2)c1Cl. The molecule has 4 nitrogen and oxygen atoms in total. The lowest BCUT2D eigenvalue weighted by Crippen LogP contribution is -2.43. The van der Waals surface area contributed by atoms with Gasteiger partial charge in [0.2, 0.25) is 0 Å². The minimum absolute atomic E-state index is 0.738. The molecule has 2 unspecified atom stereocenters. The van der Waals surface area contributed by atoms with Gasteiger partial charge in [0.05, 0.1) is 16.4 Å². The highest BCUT2D eigenvalue weighted by atomic mass is 35.5. The van der Waals surface area contributed by atoms with Crippen molar-refractivity contribution in [3.63, 3.8) is 0 Å². The van der Waals surface area contributed by atoms with E-state index in [9.17, 15) is 0 Å². The zero-order chi connectivity index (χ0) is 14.1. The molecule has 2 aliphatic rings. The maximum atomic E-state index is 6.37. The van der Waals surface area contributed by atoms with Crippen LogP contribution in [0.1, 0.15) is 37.1 Å². The third-order valence-electron chi connectivity index (χ3n) is 4.84. The van der Waals surface area contributed by atoms with Gasteiger partial charge in [0.25, 0.3) is 0 Å². The molecular formula is C15H25ClN4. The molecule has 20 heavy (non-hydrogen) atoms. The molecule has 0 bridgehead atoms. The van der Waals surface area contributed by atoms with Crippen molar-refractivity contribution in [3.8, 4) is 0 Å². The summed E-state index contributed by atoms with van der Waals surface area (Å²) in [6.07, 6.45) is 5.36. The lowest BCUT2D eigenvalue weighted by atomic mass is 9.90. The minimum Gasteiger partial charge on any atom is -0.314 e. The van der Waals surface area contributed by atoms with E-state index >= 15 is 0 Å². The van der Waals surface area contributed by atoms with Crippen LogP contribution in [0.25, 0.3) is 0 Å². The summed E-state index contributed by atoms with van der Waals surface area (Å²) >= 11 is 6.37. The number of piperidine rings is 1. The fourth-order valence-corrected chi connectivity index (χ4v) is 3.96. The molecule has 1 N–H and O–H groups in total. The first-order chi connectivity index (χ1) is 9.65. The predicted molar refractivity (Wildman–Crippen MR) is 82.0 cm³/mol. The van der Waals surface area contributed by atoms with Crippen molar-refractivity contribution < 1.29 is 0 Å². The molecule has 112 valence electrons. The van der Waals surface area contributed by atoms with E-state index in [0.717, 1.165) is 34.9 Å². The van der Waals surface area contributed by atoms with Crippen LogP contribution in [-0.4, -0.2) is 40.4 Å². The Morgan fingerprint density at radius 3 is 2.85 bits per heavy atom. The molecule has 0 radical (unpaired) electrons. The second-order valence-electron chi connectivity index (χ2n) is 6.31. The quantitative estimate of drug-likeness (QED) is 0.929. The molecule has 1 aromatic heterocycles. The normalized spacial score (nSPS) is 28.1. The number of halogens is 1. The van der Waals surface area contributed by atoms with E-state index in [0.29, 0.717) is 0 Å². The van der Waals surface area contributed by atoms with E-state index < -0.39 is 0 Å². The summed E-state index contributed by atoms with van der Waals surface area (Å²) in [4.78, 5) is 2.55. The van der Waals surface area contributed by atoms with Crippen LogP contribution < -0.4 is 5.32 Å². The van der Waals surface area contributed by atoms with Gasteiger partial charge in [-0.25, -0.2) is 0 Å². The van der Waals surface area contributed by atoms with Gasteiger partial charge in [-0.1, -0.05) is 11.6 Å². The first-order valence-electron chi connectivity index (χ1n) is 7.79. The topological polar surface area (TPSA) is 33.1 Å². The van der Waals surface area contributed by atoms with Crippen molar-refractivity contribution in [3.05, 3.63) is 16.4 Å². The van der Waals surface area contributed by atoms with Crippen molar-refractivity contribution in [1.82, 2.24) is 20.0 Å². The lowest BCUT2D eigenvalue weighted by molar-refractivity contribution is 0.142. The average molecular weight is 297 g/mol. The van der Waals surface area contributed by atoms with Crippen molar-refractivity contribution in [1.29, 1.82) is 0 Å². The van der Waals surface area contributed by atoms with Crippen molar-refractivity contribution in [2.45, 2.75) is 45.2 Å². The van der Waals surface area contributed by atoms with Crippen LogP contribution in [0.2, 0.25) is 5.02 Å². The first-order valence-corrected chi connectivity index (χ1v) is 8.16. The Bertz CT molecular complexity index is 465. The Morgan fingerprint density at radius 1 is 1.35 bits per heavy atom. The Morgan fingerprint density at radius 2 is 2.20 bits per heavy atom. The summed E-state index contributed by atoms with van der Waals surface area (Å²) in [6.45, 7) is 6.49. The van der Waals surface area contributed by atoms with Crippen molar-refractivity contribution >= 4 is 11.6 Å². The van der Waals surface area contributed by atoms with Crippen LogP contribution in [0.15, 0.2) is 0 Å². The zero-order valence-corrected chi connectivity index (χ0v) is 13.3. The van der Waals surface area contributed by atoms with Crippen LogP contribution in [0, 0.1) is 12.8 Å². The minimum atomic E-state index is 0.738. The van der Waals surface area contributed by atoms with Gasteiger partial charge in [-0.3, -0.25) is 9.58 Å². The number of nitrogens with one attached hydrogen (secondary N) is 1. The van der Waals surface area contributed by atoms with E-state index in [2.05, 4.69) is 15.3 Å². The van der Waals surface area contributed by atoms with Gasteiger partial charge >= 0.3 is 0 Å². The second kappa shape index (κ2) is 6.04. The van der Waals surface area contributed by atoms with E-state index in [1.807, 2.05) is 18.7 Å². The van der Waals surface area contributed by atoms with Gasteiger partial charge in [0.15, 0.2) is 0 Å². The highest BCUT2D eigenvalue weighted by Crippen LogP contribution is 2.27. The molecule has 3 rings (SSSR count). The molecule has 2 fully saturated rings.